The second kappa shape index (κ2) is 6.17. The molecule has 0 spiro atoms. The van der Waals surface area contributed by atoms with E-state index in [1.807, 2.05) is 25.1 Å². The zero-order chi connectivity index (χ0) is 11.3. The molecular weight excluding hydrogens is 303 g/mol. The normalized spacial score (nSPS) is 12.5. The lowest BCUT2D eigenvalue weighted by Gasteiger charge is -2.14. The van der Waals surface area contributed by atoms with Gasteiger partial charge < -0.3 is 15.8 Å². The highest BCUT2D eigenvalue weighted by Gasteiger charge is 2.03. The molecule has 0 amide bonds. The SMILES string of the molecule is CCOC(C)CNc1ccc(N)cc1I. The molecule has 15 heavy (non-hydrogen) atoms. The van der Waals surface area contributed by atoms with Gasteiger partial charge in [-0.2, -0.15) is 0 Å². The summed E-state index contributed by atoms with van der Waals surface area (Å²) in [6.45, 7) is 5.62. The second-order valence-electron chi connectivity index (χ2n) is 3.39. The molecule has 0 aliphatic heterocycles. The van der Waals surface area contributed by atoms with E-state index < -0.39 is 0 Å². The van der Waals surface area contributed by atoms with Gasteiger partial charge in [0, 0.05) is 28.1 Å². The molecule has 3 nitrogen and oxygen atoms in total. The monoisotopic (exact) mass is 320 g/mol. The van der Waals surface area contributed by atoms with Crippen molar-refractivity contribution in [1.29, 1.82) is 0 Å². The molecule has 0 fully saturated rings. The Labute approximate surface area is 105 Å². The van der Waals surface area contributed by atoms with Gasteiger partial charge in [-0.25, -0.2) is 0 Å². The molecule has 0 bridgehead atoms. The topological polar surface area (TPSA) is 47.3 Å². The van der Waals surface area contributed by atoms with Crippen LogP contribution in [0.1, 0.15) is 13.8 Å². The van der Waals surface area contributed by atoms with E-state index in [0.717, 1.165) is 28.1 Å². The average Bonchev–Trinajstić information content (AvgIpc) is 2.17. The van der Waals surface area contributed by atoms with E-state index in [2.05, 4.69) is 34.8 Å². The Morgan fingerprint density at radius 2 is 2.27 bits per heavy atom. The zero-order valence-corrected chi connectivity index (χ0v) is 11.2. The average molecular weight is 320 g/mol. The van der Waals surface area contributed by atoms with Gasteiger partial charge in [0.25, 0.3) is 0 Å². The molecular formula is C11H17IN2O. The summed E-state index contributed by atoms with van der Waals surface area (Å²) in [4.78, 5) is 0. The first-order chi connectivity index (χ1) is 7.13. The summed E-state index contributed by atoms with van der Waals surface area (Å²) in [5.74, 6) is 0. The smallest absolute Gasteiger partial charge is 0.0719 e. The maximum atomic E-state index is 5.67. The van der Waals surface area contributed by atoms with Gasteiger partial charge in [0.1, 0.15) is 0 Å². The fourth-order valence-electron chi connectivity index (χ4n) is 1.27. The summed E-state index contributed by atoms with van der Waals surface area (Å²) in [6.07, 6.45) is 0.225. The Hall–Kier alpha value is -0.490. The Kier molecular flexibility index (Phi) is 5.17. The molecule has 84 valence electrons. The van der Waals surface area contributed by atoms with Gasteiger partial charge in [-0.1, -0.05) is 0 Å². The van der Waals surface area contributed by atoms with E-state index in [0.29, 0.717) is 0 Å². The number of benzene rings is 1. The highest BCUT2D eigenvalue weighted by molar-refractivity contribution is 14.1. The first-order valence-electron chi connectivity index (χ1n) is 5.04. The molecule has 1 unspecified atom stereocenters. The van der Waals surface area contributed by atoms with Crippen molar-refractivity contribution in [2.24, 2.45) is 0 Å². The minimum atomic E-state index is 0.225. The van der Waals surface area contributed by atoms with Crippen LogP contribution in [0.25, 0.3) is 0 Å². The van der Waals surface area contributed by atoms with Gasteiger partial charge in [0.15, 0.2) is 0 Å². The highest BCUT2D eigenvalue weighted by Crippen LogP contribution is 2.20. The van der Waals surface area contributed by atoms with E-state index in [1.54, 1.807) is 0 Å². The standard InChI is InChI=1S/C11H17IN2O/c1-3-15-8(2)7-14-11-5-4-9(13)6-10(11)12/h4-6,8,14H,3,7,13H2,1-2H3. The van der Waals surface area contributed by atoms with E-state index in [1.165, 1.54) is 0 Å². The lowest BCUT2D eigenvalue weighted by atomic mass is 10.3. The number of ether oxygens (including phenoxy) is 1. The van der Waals surface area contributed by atoms with Crippen LogP contribution in [0.2, 0.25) is 0 Å². The molecule has 3 N–H and O–H groups in total. The highest BCUT2D eigenvalue weighted by atomic mass is 127. The summed E-state index contributed by atoms with van der Waals surface area (Å²) in [5.41, 5.74) is 7.58. The molecule has 1 aromatic rings. The van der Waals surface area contributed by atoms with Gasteiger partial charge in [-0.15, -0.1) is 0 Å². The van der Waals surface area contributed by atoms with E-state index >= 15 is 0 Å². The third kappa shape index (κ3) is 4.25. The predicted octanol–water partition coefficient (Wildman–Crippen LogP) is 2.71. The number of rotatable bonds is 5. The minimum Gasteiger partial charge on any atom is -0.399 e. The third-order valence-corrected chi connectivity index (χ3v) is 2.92. The lowest BCUT2D eigenvalue weighted by Crippen LogP contribution is -2.20. The molecule has 4 heteroatoms. The molecule has 0 saturated heterocycles. The van der Waals surface area contributed by atoms with Crippen molar-refractivity contribution in [3.8, 4) is 0 Å². The lowest BCUT2D eigenvalue weighted by molar-refractivity contribution is 0.0855. The van der Waals surface area contributed by atoms with Crippen molar-refractivity contribution >= 4 is 34.0 Å². The Balaban J connectivity index is 2.50. The summed E-state index contributed by atoms with van der Waals surface area (Å²) < 4.78 is 6.57. The number of nitrogens with two attached hydrogens (primary N) is 1. The molecule has 1 aromatic carbocycles. The zero-order valence-electron chi connectivity index (χ0n) is 9.09. The van der Waals surface area contributed by atoms with Crippen LogP contribution in [-0.4, -0.2) is 19.3 Å². The Morgan fingerprint density at radius 3 is 2.87 bits per heavy atom. The maximum absolute atomic E-state index is 5.67. The molecule has 0 aliphatic rings. The quantitative estimate of drug-likeness (QED) is 0.648. The van der Waals surface area contributed by atoms with Crippen LogP contribution in [0, 0.1) is 3.57 Å². The fourth-order valence-corrected chi connectivity index (χ4v) is 2.00. The van der Waals surface area contributed by atoms with Gasteiger partial charge in [0.2, 0.25) is 0 Å². The summed E-state index contributed by atoms with van der Waals surface area (Å²) in [5, 5.41) is 3.34. The summed E-state index contributed by atoms with van der Waals surface area (Å²) in [7, 11) is 0. The van der Waals surface area contributed by atoms with Gasteiger partial charge in [-0.3, -0.25) is 0 Å². The van der Waals surface area contributed by atoms with Crippen LogP contribution in [-0.2, 0) is 4.74 Å². The molecule has 0 heterocycles. The van der Waals surface area contributed by atoms with Crippen LogP contribution >= 0.6 is 22.6 Å². The number of nitrogens with one attached hydrogen (secondary N) is 1. The molecule has 0 radical (unpaired) electrons. The number of halogens is 1. The summed E-state index contributed by atoms with van der Waals surface area (Å²) >= 11 is 2.27. The van der Waals surface area contributed by atoms with Gasteiger partial charge >= 0.3 is 0 Å². The van der Waals surface area contributed by atoms with Gasteiger partial charge in [-0.05, 0) is 54.6 Å². The number of nitrogen functional groups attached to an aromatic ring is 1. The number of hydrogen-bond acceptors (Lipinski definition) is 3. The first kappa shape index (κ1) is 12.6. The second-order valence-corrected chi connectivity index (χ2v) is 4.55. The molecule has 0 saturated carbocycles. The maximum Gasteiger partial charge on any atom is 0.0719 e. The van der Waals surface area contributed by atoms with Crippen molar-refractivity contribution < 1.29 is 4.74 Å². The van der Waals surface area contributed by atoms with Crippen molar-refractivity contribution in [3.05, 3.63) is 21.8 Å². The van der Waals surface area contributed by atoms with E-state index in [4.69, 9.17) is 10.5 Å². The van der Waals surface area contributed by atoms with Crippen LogP contribution in [0.3, 0.4) is 0 Å². The van der Waals surface area contributed by atoms with Crippen LogP contribution < -0.4 is 11.1 Å². The number of hydrogen-bond donors (Lipinski definition) is 2. The van der Waals surface area contributed by atoms with Crippen LogP contribution in [0.4, 0.5) is 11.4 Å². The minimum absolute atomic E-state index is 0.225. The first-order valence-corrected chi connectivity index (χ1v) is 6.12. The van der Waals surface area contributed by atoms with Crippen molar-refractivity contribution in [3.63, 3.8) is 0 Å². The van der Waals surface area contributed by atoms with Crippen molar-refractivity contribution in [2.45, 2.75) is 20.0 Å². The molecule has 1 atom stereocenters. The van der Waals surface area contributed by atoms with Gasteiger partial charge in [0.05, 0.1) is 6.10 Å². The number of anilines is 2. The Morgan fingerprint density at radius 1 is 1.53 bits per heavy atom. The van der Waals surface area contributed by atoms with E-state index in [9.17, 15) is 0 Å². The molecule has 1 rings (SSSR count). The van der Waals surface area contributed by atoms with E-state index in [-0.39, 0.29) is 6.10 Å². The van der Waals surface area contributed by atoms with Crippen LogP contribution in [0.5, 0.6) is 0 Å². The molecule has 0 aromatic heterocycles. The largest absolute Gasteiger partial charge is 0.399 e. The Bertz CT molecular complexity index is 317. The predicted molar refractivity (Wildman–Crippen MR) is 73.1 cm³/mol. The van der Waals surface area contributed by atoms with Crippen molar-refractivity contribution in [1.82, 2.24) is 0 Å². The summed E-state index contributed by atoms with van der Waals surface area (Å²) in [6, 6.07) is 5.85. The third-order valence-electron chi connectivity index (χ3n) is 2.02. The van der Waals surface area contributed by atoms with Crippen LogP contribution in [0.15, 0.2) is 18.2 Å². The van der Waals surface area contributed by atoms with Crippen molar-refractivity contribution in [2.75, 3.05) is 24.2 Å². The fraction of sp³-hybridized carbons (Fsp3) is 0.455. The molecule has 0 aliphatic carbocycles.